The number of hydrogen-bond donors (Lipinski definition) is 0. The lowest BCUT2D eigenvalue weighted by molar-refractivity contribution is 0.184. The molecule has 66 valence electrons. The summed E-state index contributed by atoms with van der Waals surface area (Å²) in [6.45, 7) is 0.464. The van der Waals surface area contributed by atoms with Gasteiger partial charge in [0.1, 0.15) is 5.82 Å². The third-order valence-electron chi connectivity index (χ3n) is 1.53. The molecule has 0 unspecified atom stereocenters. The highest BCUT2D eigenvalue weighted by Gasteiger charge is 2.01. The zero-order valence-electron chi connectivity index (χ0n) is 7.13. The quantitative estimate of drug-likeness (QED) is 0.671. The Morgan fingerprint density at radius 3 is 2.75 bits per heavy atom. The highest BCUT2D eigenvalue weighted by atomic mass is 32.2. The van der Waals surface area contributed by atoms with Crippen molar-refractivity contribution in [1.82, 2.24) is 0 Å². The van der Waals surface area contributed by atoms with E-state index in [0.717, 1.165) is 5.56 Å². The van der Waals surface area contributed by atoms with Crippen LogP contribution < -0.4 is 0 Å². The van der Waals surface area contributed by atoms with Gasteiger partial charge in [0, 0.05) is 12.0 Å². The number of methoxy groups -OCH3 is 1. The van der Waals surface area contributed by atoms with E-state index in [0.29, 0.717) is 11.5 Å². The second-order valence-electron chi connectivity index (χ2n) is 2.40. The van der Waals surface area contributed by atoms with Crippen LogP contribution in [0.15, 0.2) is 23.1 Å². The van der Waals surface area contributed by atoms with Crippen LogP contribution in [0.4, 0.5) is 4.39 Å². The Bertz CT molecular complexity index is 263. The Morgan fingerprint density at radius 1 is 1.50 bits per heavy atom. The van der Waals surface area contributed by atoms with Crippen molar-refractivity contribution in [2.75, 3.05) is 13.4 Å². The first-order valence-corrected chi connectivity index (χ1v) is 4.81. The normalized spacial score (nSPS) is 10.2. The van der Waals surface area contributed by atoms with Crippen molar-refractivity contribution in [2.24, 2.45) is 0 Å². The van der Waals surface area contributed by atoms with E-state index >= 15 is 0 Å². The first-order valence-electron chi connectivity index (χ1n) is 3.59. The fourth-order valence-corrected chi connectivity index (χ4v) is 1.42. The van der Waals surface area contributed by atoms with Gasteiger partial charge in [-0.1, -0.05) is 6.07 Å². The van der Waals surface area contributed by atoms with E-state index in [1.165, 1.54) is 17.8 Å². The molecule has 0 spiro atoms. The van der Waals surface area contributed by atoms with E-state index in [2.05, 4.69) is 0 Å². The van der Waals surface area contributed by atoms with Crippen molar-refractivity contribution in [2.45, 2.75) is 11.5 Å². The molecule has 0 atom stereocenters. The number of benzene rings is 1. The number of hydrogen-bond acceptors (Lipinski definition) is 2. The fraction of sp³-hybridized carbons (Fsp3) is 0.333. The molecule has 0 fully saturated rings. The first-order chi connectivity index (χ1) is 5.77. The molecule has 12 heavy (non-hydrogen) atoms. The van der Waals surface area contributed by atoms with E-state index in [9.17, 15) is 4.39 Å². The largest absolute Gasteiger partial charge is 0.380 e. The Labute approximate surface area is 75.9 Å². The molecule has 0 N–H and O–H groups in total. The molecule has 3 heteroatoms. The van der Waals surface area contributed by atoms with E-state index in [4.69, 9.17) is 4.74 Å². The molecule has 0 amide bonds. The minimum atomic E-state index is -0.169. The molecule has 0 aromatic heterocycles. The first kappa shape index (κ1) is 9.55. The van der Waals surface area contributed by atoms with Crippen LogP contribution >= 0.6 is 11.8 Å². The molecule has 1 nitrogen and oxygen atoms in total. The number of thioether (sulfide) groups is 1. The van der Waals surface area contributed by atoms with Gasteiger partial charge in [0.2, 0.25) is 0 Å². The second-order valence-corrected chi connectivity index (χ2v) is 3.25. The zero-order chi connectivity index (χ0) is 8.97. The molecule has 1 aromatic rings. The number of ether oxygens (including phenoxy) is 1. The molecule has 0 heterocycles. The fourth-order valence-electron chi connectivity index (χ4n) is 0.966. The van der Waals surface area contributed by atoms with Crippen LogP contribution in [-0.2, 0) is 11.3 Å². The standard InChI is InChI=1S/C9H11FOS/c1-11-6-7-3-4-9(12-2)8(10)5-7/h3-5H,6H2,1-2H3. The van der Waals surface area contributed by atoms with Gasteiger partial charge in [-0.15, -0.1) is 11.8 Å². The van der Waals surface area contributed by atoms with Gasteiger partial charge in [0.25, 0.3) is 0 Å². The Balaban J connectivity index is 2.86. The highest BCUT2D eigenvalue weighted by Crippen LogP contribution is 2.19. The maximum atomic E-state index is 13.1. The van der Waals surface area contributed by atoms with Crippen LogP contribution in [0.5, 0.6) is 0 Å². The number of rotatable bonds is 3. The second kappa shape index (κ2) is 4.48. The summed E-state index contributed by atoms with van der Waals surface area (Å²) in [5.74, 6) is -0.169. The van der Waals surface area contributed by atoms with E-state index in [1.54, 1.807) is 13.2 Å². The van der Waals surface area contributed by atoms with Gasteiger partial charge in [0.05, 0.1) is 6.61 Å². The van der Waals surface area contributed by atoms with Gasteiger partial charge in [-0.2, -0.15) is 0 Å². The SMILES string of the molecule is COCc1ccc(SC)c(F)c1. The van der Waals surface area contributed by atoms with Crippen molar-refractivity contribution < 1.29 is 9.13 Å². The van der Waals surface area contributed by atoms with Gasteiger partial charge in [-0.25, -0.2) is 4.39 Å². The lowest BCUT2D eigenvalue weighted by Gasteiger charge is -2.02. The van der Waals surface area contributed by atoms with Crippen molar-refractivity contribution in [3.8, 4) is 0 Å². The molecule has 0 bridgehead atoms. The van der Waals surface area contributed by atoms with Crippen LogP contribution in [0, 0.1) is 5.82 Å². The smallest absolute Gasteiger partial charge is 0.137 e. The molecule has 1 rings (SSSR count). The van der Waals surface area contributed by atoms with Gasteiger partial charge in [-0.3, -0.25) is 0 Å². The van der Waals surface area contributed by atoms with E-state index in [-0.39, 0.29) is 5.82 Å². The van der Waals surface area contributed by atoms with E-state index < -0.39 is 0 Å². The van der Waals surface area contributed by atoms with Crippen LogP contribution in [-0.4, -0.2) is 13.4 Å². The average molecular weight is 186 g/mol. The summed E-state index contributed by atoms with van der Waals surface area (Å²) in [6, 6.07) is 5.15. The Morgan fingerprint density at radius 2 is 2.25 bits per heavy atom. The predicted octanol–water partition coefficient (Wildman–Crippen LogP) is 2.69. The van der Waals surface area contributed by atoms with Crippen molar-refractivity contribution in [3.05, 3.63) is 29.6 Å². The molecule has 0 saturated heterocycles. The van der Waals surface area contributed by atoms with Gasteiger partial charge >= 0.3 is 0 Å². The summed E-state index contributed by atoms with van der Waals surface area (Å²) in [5, 5.41) is 0. The van der Waals surface area contributed by atoms with Crippen molar-refractivity contribution in [1.29, 1.82) is 0 Å². The molecular weight excluding hydrogens is 175 g/mol. The molecule has 0 saturated carbocycles. The highest BCUT2D eigenvalue weighted by molar-refractivity contribution is 7.98. The van der Waals surface area contributed by atoms with E-state index in [1.807, 2.05) is 12.3 Å². The predicted molar refractivity (Wildman–Crippen MR) is 48.9 cm³/mol. The Hall–Kier alpha value is -0.540. The molecule has 0 aliphatic heterocycles. The van der Waals surface area contributed by atoms with Crippen LogP contribution in [0.25, 0.3) is 0 Å². The van der Waals surface area contributed by atoms with Crippen LogP contribution in [0.3, 0.4) is 0 Å². The minimum absolute atomic E-state index is 0.169. The zero-order valence-corrected chi connectivity index (χ0v) is 7.95. The maximum absolute atomic E-state index is 13.1. The summed E-state index contributed by atoms with van der Waals surface area (Å²) >= 11 is 1.41. The Kier molecular flexibility index (Phi) is 3.56. The molecule has 0 radical (unpaired) electrons. The third kappa shape index (κ3) is 2.22. The monoisotopic (exact) mass is 186 g/mol. The van der Waals surface area contributed by atoms with Crippen molar-refractivity contribution in [3.63, 3.8) is 0 Å². The third-order valence-corrected chi connectivity index (χ3v) is 2.30. The van der Waals surface area contributed by atoms with Gasteiger partial charge in [0.15, 0.2) is 0 Å². The summed E-state index contributed by atoms with van der Waals surface area (Å²) in [7, 11) is 1.60. The molecule has 0 aliphatic rings. The molecule has 1 aromatic carbocycles. The van der Waals surface area contributed by atoms with Crippen LogP contribution in [0.2, 0.25) is 0 Å². The number of halogens is 1. The average Bonchev–Trinajstić information content (AvgIpc) is 2.05. The van der Waals surface area contributed by atoms with Gasteiger partial charge < -0.3 is 4.74 Å². The summed E-state index contributed by atoms with van der Waals surface area (Å²) in [5.41, 5.74) is 0.868. The van der Waals surface area contributed by atoms with Gasteiger partial charge in [-0.05, 0) is 24.0 Å². The summed E-state index contributed by atoms with van der Waals surface area (Å²) < 4.78 is 18.0. The summed E-state index contributed by atoms with van der Waals surface area (Å²) in [6.07, 6.45) is 1.86. The lowest BCUT2D eigenvalue weighted by Crippen LogP contribution is -1.89. The lowest BCUT2D eigenvalue weighted by atomic mass is 10.2. The topological polar surface area (TPSA) is 9.23 Å². The summed E-state index contributed by atoms with van der Waals surface area (Å²) in [4.78, 5) is 0.676. The van der Waals surface area contributed by atoms with Crippen LogP contribution in [0.1, 0.15) is 5.56 Å². The maximum Gasteiger partial charge on any atom is 0.137 e. The van der Waals surface area contributed by atoms with Crippen molar-refractivity contribution >= 4 is 11.8 Å². The molecular formula is C9H11FOS. The molecule has 0 aliphatic carbocycles. The minimum Gasteiger partial charge on any atom is -0.380 e.